The van der Waals surface area contributed by atoms with E-state index in [-0.39, 0.29) is 0 Å². The summed E-state index contributed by atoms with van der Waals surface area (Å²) in [5, 5.41) is 5.36. The van der Waals surface area contributed by atoms with Gasteiger partial charge in [0, 0.05) is 11.0 Å². The summed E-state index contributed by atoms with van der Waals surface area (Å²) in [6.07, 6.45) is 2.63. The summed E-state index contributed by atoms with van der Waals surface area (Å²) in [6, 6.07) is 2.02. The molecule has 0 radical (unpaired) electrons. The van der Waals surface area contributed by atoms with Crippen molar-refractivity contribution in [3.63, 3.8) is 0 Å². The lowest BCUT2D eigenvalue weighted by molar-refractivity contribution is 0.570. The number of nitrogens with zero attached hydrogens (tertiary/aromatic N) is 1. The number of thiophene rings is 1. The van der Waals surface area contributed by atoms with Gasteiger partial charge in [-0.2, -0.15) is 0 Å². The Bertz CT molecular complexity index is 452. The van der Waals surface area contributed by atoms with Crippen molar-refractivity contribution >= 4 is 27.3 Å². The van der Waals surface area contributed by atoms with Crippen molar-refractivity contribution in [1.29, 1.82) is 0 Å². The van der Waals surface area contributed by atoms with Crippen LogP contribution in [0.5, 0.6) is 0 Å². The third-order valence-electron chi connectivity index (χ3n) is 2.18. The molecule has 5 heteroatoms. The zero-order valence-electron chi connectivity index (χ0n) is 9.00. The van der Waals surface area contributed by atoms with E-state index < -0.39 is 0 Å². The van der Waals surface area contributed by atoms with Crippen molar-refractivity contribution in [2.75, 3.05) is 6.54 Å². The summed E-state index contributed by atoms with van der Waals surface area (Å²) in [5.74, 6) is 0.866. The van der Waals surface area contributed by atoms with Gasteiger partial charge < -0.3 is 9.73 Å². The standard InChI is InChI=1S/C11H13BrN2OS/c1-2-4-13-6-9-10(15-7-14-9)11-8(12)3-5-16-11/h3,5,7,13H,2,4,6H2,1H3. The Morgan fingerprint density at radius 1 is 1.56 bits per heavy atom. The SMILES string of the molecule is CCCNCc1ncoc1-c1sccc1Br. The van der Waals surface area contributed by atoms with Crippen molar-refractivity contribution < 1.29 is 4.42 Å². The topological polar surface area (TPSA) is 38.1 Å². The Morgan fingerprint density at radius 2 is 2.44 bits per heavy atom. The number of aromatic nitrogens is 1. The van der Waals surface area contributed by atoms with Gasteiger partial charge in [-0.25, -0.2) is 4.98 Å². The number of hydrogen-bond acceptors (Lipinski definition) is 4. The predicted octanol–water partition coefficient (Wildman–Crippen LogP) is 3.67. The van der Waals surface area contributed by atoms with Gasteiger partial charge in [0.05, 0.1) is 4.88 Å². The Hall–Kier alpha value is -0.650. The summed E-state index contributed by atoms with van der Waals surface area (Å²) in [4.78, 5) is 5.34. The van der Waals surface area contributed by atoms with Gasteiger partial charge in [0.15, 0.2) is 12.2 Å². The van der Waals surface area contributed by atoms with Crippen LogP contribution in [0.15, 0.2) is 26.7 Å². The molecule has 86 valence electrons. The van der Waals surface area contributed by atoms with Crippen LogP contribution in [-0.4, -0.2) is 11.5 Å². The highest BCUT2D eigenvalue weighted by atomic mass is 79.9. The average molecular weight is 301 g/mol. The fourth-order valence-corrected chi connectivity index (χ4v) is 2.98. The van der Waals surface area contributed by atoms with Gasteiger partial charge in [0.25, 0.3) is 0 Å². The van der Waals surface area contributed by atoms with E-state index >= 15 is 0 Å². The molecule has 0 fully saturated rings. The van der Waals surface area contributed by atoms with Gasteiger partial charge in [-0.15, -0.1) is 11.3 Å². The van der Waals surface area contributed by atoms with Crippen molar-refractivity contribution in [2.45, 2.75) is 19.9 Å². The number of hydrogen-bond donors (Lipinski definition) is 1. The smallest absolute Gasteiger partial charge is 0.181 e. The second-order valence-corrected chi connectivity index (χ2v) is 5.17. The normalized spacial score (nSPS) is 10.9. The number of rotatable bonds is 5. The second kappa shape index (κ2) is 5.61. The quantitative estimate of drug-likeness (QED) is 0.856. The Balaban J connectivity index is 2.16. The molecule has 0 spiro atoms. The molecule has 0 unspecified atom stereocenters. The van der Waals surface area contributed by atoms with Gasteiger partial charge in [0.2, 0.25) is 0 Å². The summed E-state index contributed by atoms with van der Waals surface area (Å²) in [6.45, 7) is 3.90. The van der Waals surface area contributed by atoms with E-state index in [9.17, 15) is 0 Å². The zero-order chi connectivity index (χ0) is 11.4. The maximum absolute atomic E-state index is 5.45. The minimum Gasteiger partial charge on any atom is -0.442 e. The molecule has 2 heterocycles. The van der Waals surface area contributed by atoms with E-state index in [1.807, 2.05) is 11.4 Å². The molecule has 1 N–H and O–H groups in total. The molecule has 3 nitrogen and oxygen atoms in total. The van der Waals surface area contributed by atoms with Crippen LogP contribution < -0.4 is 5.32 Å². The summed E-state index contributed by atoms with van der Waals surface area (Å²) in [7, 11) is 0. The highest BCUT2D eigenvalue weighted by Crippen LogP contribution is 2.35. The Labute approximate surface area is 107 Å². The fraction of sp³-hybridized carbons (Fsp3) is 0.364. The van der Waals surface area contributed by atoms with E-state index in [4.69, 9.17) is 4.42 Å². The van der Waals surface area contributed by atoms with Crippen molar-refractivity contribution in [3.8, 4) is 10.6 Å². The highest BCUT2D eigenvalue weighted by Gasteiger charge is 2.14. The second-order valence-electron chi connectivity index (χ2n) is 3.40. The van der Waals surface area contributed by atoms with Crippen LogP contribution >= 0.6 is 27.3 Å². The first kappa shape index (κ1) is 11.8. The van der Waals surface area contributed by atoms with Gasteiger partial charge >= 0.3 is 0 Å². The number of oxazole rings is 1. The molecular formula is C11H13BrN2OS. The van der Waals surface area contributed by atoms with E-state index in [0.29, 0.717) is 0 Å². The zero-order valence-corrected chi connectivity index (χ0v) is 11.4. The van der Waals surface area contributed by atoms with Crippen LogP contribution in [0.3, 0.4) is 0 Å². The molecule has 0 aromatic carbocycles. The lowest BCUT2D eigenvalue weighted by Crippen LogP contribution is -2.14. The molecule has 0 atom stereocenters. The largest absolute Gasteiger partial charge is 0.442 e. The molecule has 2 aromatic rings. The molecule has 0 saturated carbocycles. The van der Waals surface area contributed by atoms with Crippen LogP contribution in [0.4, 0.5) is 0 Å². The molecular weight excluding hydrogens is 288 g/mol. The summed E-state index contributed by atoms with van der Waals surface area (Å²) < 4.78 is 6.51. The average Bonchev–Trinajstić information content (AvgIpc) is 2.87. The first-order chi connectivity index (χ1) is 7.83. The third-order valence-corrected chi connectivity index (χ3v) is 4.02. The van der Waals surface area contributed by atoms with Crippen molar-refractivity contribution in [1.82, 2.24) is 10.3 Å². The van der Waals surface area contributed by atoms with Crippen LogP contribution in [0, 0.1) is 0 Å². The minimum absolute atomic E-state index is 0.754. The molecule has 0 aliphatic rings. The number of halogens is 1. The maximum Gasteiger partial charge on any atom is 0.181 e. The van der Waals surface area contributed by atoms with Crippen LogP contribution in [-0.2, 0) is 6.54 Å². The van der Waals surface area contributed by atoms with E-state index in [1.54, 1.807) is 11.3 Å². The van der Waals surface area contributed by atoms with Crippen LogP contribution in [0.25, 0.3) is 10.6 Å². The molecule has 16 heavy (non-hydrogen) atoms. The fourth-order valence-electron chi connectivity index (χ4n) is 1.42. The van der Waals surface area contributed by atoms with Gasteiger partial charge in [-0.1, -0.05) is 6.92 Å². The first-order valence-electron chi connectivity index (χ1n) is 5.19. The molecule has 0 aliphatic carbocycles. The first-order valence-corrected chi connectivity index (χ1v) is 6.86. The van der Waals surface area contributed by atoms with Crippen molar-refractivity contribution in [3.05, 3.63) is 28.0 Å². The third kappa shape index (κ3) is 2.53. The van der Waals surface area contributed by atoms with Crippen LogP contribution in [0.2, 0.25) is 0 Å². The van der Waals surface area contributed by atoms with Gasteiger partial charge in [-0.3, -0.25) is 0 Å². The van der Waals surface area contributed by atoms with Crippen LogP contribution in [0.1, 0.15) is 19.0 Å². The molecule has 2 aromatic heterocycles. The highest BCUT2D eigenvalue weighted by molar-refractivity contribution is 9.10. The molecule has 0 bridgehead atoms. The molecule has 0 aliphatic heterocycles. The van der Waals surface area contributed by atoms with Crippen molar-refractivity contribution in [2.24, 2.45) is 0 Å². The molecule has 2 rings (SSSR count). The summed E-state index contributed by atoms with van der Waals surface area (Å²) in [5.41, 5.74) is 0.969. The Morgan fingerprint density at radius 3 is 3.12 bits per heavy atom. The number of nitrogens with one attached hydrogen (secondary N) is 1. The Kier molecular flexibility index (Phi) is 4.15. The van der Waals surface area contributed by atoms with E-state index in [0.717, 1.165) is 40.3 Å². The van der Waals surface area contributed by atoms with E-state index in [1.165, 1.54) is 6.39 Å². The lowest BCUT2D eigenvalue weighted by Gasteiger charge is -2.01. The van der Waals surface area contributed by atoms with Gasteiger partial charge in [0.1, 0.15) is 5.69 Å². The monoisotopic (exact) mass is 300 g/mol. The van der Waals surface area contributed by atoms with Gasteiger partial charge in [-0.05, 0) is 40.3 Å². The molecule has 0 saturated heterocycles. The van der Waals surface area contributed by atoms with E-state index in [2.05, 4.69) is 33.2 Å². The minimum atomic E-state index is 0.754. The summed E-state index contributed by atoms with van der Waals surface area (Å²) >= 11 is 5.16. The molecule has 0 amide bonds. The predicted molar refractivity (Wildman–Crippen MR) is 69.5 cm³/mol. The maximum atomic E-state index is 5.45. The lowest BCUT2D eigenvalue weighted by atomic mass is 10.3.